The predicted molar refractivity (Wildman–Crippen MR) is 116 cm³/mol. The molecule has 1 amide bonds. The summed E-state index contributed by atoms with van der Waals surface area (Å²) in [7, 11) is 3.23. The Hall–Kier alpha value is -2.24. The van der Waals surface area contributed by atoms with Crippen LogP contribution >= 0.6 is 11.6 Å². The number of carbonyl (C=O) groups excluding carboxylic acids is 1. The molecule has 3 rings (SSSR count). The molecule has 0 bridgehead atoms. The fraction of sp³-hybridized carbons (Fsp3) is 0.435. The molecule has 1 saturated heterocycles. The van der Waals surface area contributed by atoms with Crippen LogP contribution < -0.4 is 14.8 Å². The average Bonchev–Trinajstić information content (AvgIpc) is 3.03. The van der Waals surface area contributed by atoms with Crippen molar-refractivity contribution in [2.45, 2.75) is 31.7 Å². The van der Waals surface area contributed by atoms with E-state index in [4.69, 9.17) is 21.1 Å². The van der Waals surface area contributed by atoms with Gasteiger partial charge in [0.2, 0.25) is 0 Å². The van der Waals surface area contributed by atoms with Crippen LogP contribution in [-0.4, -0.2) is 44.7 Å². The number of amides is 1. The molecule has 156 valence electrons. The quantitative estimate of drug-likeness (QED) is 0.710. The van der Waals surface area contributed by atoms with Gasteiger partial charge in [0, 0.05) is 12.1 Å². The number of hydrogen-bond donors (Lipinski definition) is 1. The van der Waals surface area contributed by atoms with E-state index < -0.39 is 0 Å². The summed E-state index contributed by atoms with van der Waals surface area (Å²) in [4.78, 5) is 15.2. The van der Waals surface area contributed by atoms with Crippen molar-refractivity contribution in [3.8, 4) is 11.5 Å². The van der Waals surface area contributed by atoms with Crippen molar-refractivity contribution in [2.24, 2.45) is 0 Å². The Labute approximate surface area is 177 Å². The molecule has 0 spiro atoms. The summed E-state index contributed by atoms with van der Waals surface area (Å²) in [6.45, 7) is 2.62. The fourth-order valence-electron chi connectivity index (χ4n) is 3.79. The summed E-state index contributed by atoms with van der Waals surface area (Å²) in [5.41, 5.74) is 1.71. The van der Waals surface area contributed by atoms with Crippen LogP contribution in [0.5, 0.6) is 11.5 Å². The number of nitrogens with zero attached hydrogens (tertiary/aromatic N) is 1. The minimum absolute atomic E-state index is 0.122. The highest BCUT2D eigenvalue weighted by Crippen LogP contribution is 2.27. The van der Waals surface area contributed by atoms with E-state index in [1.165, 1.54) is 31.2 Å². The second kappa shape index (κ2) is 10.5. The van der Waals surface area contributed by atoms with Gasteiger partial charge in [0.15, 0.2) is 0 Å². The first-order valence-electron chi connectivity index (χ1n) is 10.1. The topological polar surface area (TPSA) is 50.8 Å². The summed E-state index contributed by atoms with van der Waals surface area (Å²) >= 11 is 6.18. The molecule has 1 heterocycles. The number of rotatable bonds is 7. The van der Waals surface area contributed by atoms with Gasteiger partial charge in [-0.05, 0) is 61.8 Å². The Kier molecular flexibility index (Phi) is 7.78. The van der Waals surface area contributed by atoms with Crippen molar-refractivity contribution in [3.63, 3.8) is 0 Å². The van der Waals surface area contributed by atoms with Crippen LogP contribution in [0.15, 0.2) is 42.5 Å². The maximum absolute atomic E-state index is 12.7. The molecule has 6 heteroatoms. The van der Waals surface area contributed by atoms with Gasteiger partial charge in [0.25, 0.3) is 5.91 Å². The Morgan fingerprint density at radius 1 is 1.03 bits per heavy atom. The number of carbonyl (C=O) groups is 1. The van der Waals surface area contributed by atoms with Gasteiger partial charge in [-0.15, -0.1) is 0 Å². The lowest BCUT2D eigenvalue weighted by Crippen LogP contribution is -2.38. The Bertz CT molecular complexity index is 802. The van der Waals surface area contributed by atoms with E-state index in [9.17, 15) is 4.79 Å². The van der Waals surface area contributed by atoms with E-state index in [1.807, 2.05) is 12.1 Å². The van der Waals surface area contributed by atoms with Crippen LogP contribution in [-0.2, 0) is 0 Å². The van der Waals surface area contributed by atoms with Gasteiger partial charge in [-0.3, -0.25) is 9.69 Å². The third kappa shape index (κ3) is 5.64. The number of nitrogens with one attached hydrogen (secondary N) is 1. The molecule has 1 fully saturated rings. The lowest BCUT2D eigenvalue weighted by molar-refractivity contribution is 0.0933. The van der Waals surface area contributed by atoms with Crippen LogP contribution in [0.1, 0.15) is 47.6 Å². The van der Waals surface area contributed by atoms with Gasteiger partial charge in [-0.2, -0.15) is 0 Å². The molecule has 0 aliphatic carbocycles. The summed E-state index contributed by atoms with van der Waals surface area (Å²) in [6, 6.07) is 13.3. The molecule has 0 saturated carbocycles. The first-order valence-corrected chi connectivity index (χ1v) is 10.5. The average molecular weight is 417 g/mol. The monoisotopic (exact) mass is 416 g/mol. The zero-order valence-corrected chi connectivity index (χ0v) is 17.9. The first-order chi connectivity index (χ1) is 14.1. The number of hydrogen-bond acceptors (Lipinski definition) is 4. The van der Waals surface area contributed by atoms with Gasteiger partial charge < -0.3 is 14.8 Å². The van der Waals surface area contributed by atoms with Gasteiger partial charge in [0.05, 0.1) is 25.3 Å². The smallest absolute Gasteiger partial charge is 0.251 e. The van der Waals surface area contributed by atoms with Crippen LogP contribution in [0.4, 0.5) is 0 Å². The molecule has 0 unspecified atom stereocenters. The van der Waals surface area contributed by atoms with E-state index in [-0.39, 0.29) is 11.9 Å². The maximum Gasteiger partial charge on any atom is 0.251 e. The normalized spacial score (nSPS) is 16.0. The SMILES string of the molecule is COc1ccc([C@@H](CNC(=O)c2ccc(OC)c(Cl)c2)N2CCCCCC2)cc1. The Morgan fingerprint density at radius 3 is 2.31 bits per heavy atom. The molecule has 1 aliphatic rings. The van der Waals surface area contributed by atoms with Crippen molar-refractivity contribution < 1.29 is 14.3 Å². The zero-order chi connectivity index (χ0) is 20.6. The standard InChI is InChI=1S/C23H29ClN2O3/c1-28-19-10-7-17(8-11-19)21(26-13-5-3-4-6-14-26)16-25-23(27)18-9-12-22(29-2)20(24)15-18/h7-12,15,21H,3-6,13-14,16H2,1-2H3,(H,25,27)/t21-/m1/s1. The number of benzene rings is 2. The van der Waals surface area contributed by atoms with E-state index in [0.29, 0.717) is 22.9 Å². The van der Waals surface area contributed by atoms with Gasteiger partial charge in [0.1, 0.15) is 11.5 Å². The summed E-state index contributed by atoms with van der Waals surface area (Å²) in [5, 5.41) is 3.53. The van der Waals surface area contributed by atoms with Crippen molar-refractivity contribution in [1.82, 2.24) is 10.2 Å². The summed E-state index contributed by atoms with van der Waals surface area (Å²) < 4.78 is 10.5. The van der Waals surface area contributed by atoms with Crippen LogP contribution in [0.2, 0.25) is 5.02 Å². The van der Waals surface area contributed by atoms with Crippen LogP contribution in [0.3, 0.4) is 0 Å². The lowest BCUT2D eigenvalue weighted by Gasteiger charge is -2.31. The highest BCUT2D eigenvalue weighted by atomic mass is 35.5. The molecule has 1 N–H and O–H groups in total. The second-order valence-corrected chi connectivity index (χ2v) is 7.71. The van der Waals surface area contributed by atoms with Gasteiger partial charge >= 0.3 is 0 Å². The molecule has 1 aliphatic heterocycles. The summed E-state index contributed by atoms with van der Waals surface area (Å²) in [6.07, 6.45) is 4.91. The molecule has 1 atom stereocenters. The Balaban J connectivity index is 1.74. The largest absolute Gasteiger partial charge is 0.497 e. The molecule has 29 heavy (non-hydrogen) atoms. The first kappa shape index (κ1) is 21.5. The molecule has 0 aromatic heterocycles. The van der Waals surface area contributed by atoms with Crippen LogP contribution in [0, 0.1) is 0 Å². The molecular weight excluding hydrogens is 388 g/mol. The van der Waals surface area contributed by atoms with Gasteiger partial charge in [-0.25, -0.2) is 0 Å². The molecule has 2 aromatic rings. The Morgan fingerprint density at radius 2 is 1.72 bits per heavy atom. The minimum atomic E-state index is -0.136. The molecule has 2 aromatic carbocycles. The van der Waals surface area contributed by atoms with E-state index in [2.05, 4.69) is 22.3 Å². The number of methoxy groups -OCH3 is 2. The van der Waals surface area contributed by atoms with Crippen molar-refractivity contribution in [2.75, 3.05) is 33.9 Å². The second-order valence-electron chi connectivity index (χ2n) is 7.30. The number of likely N-dealkylation sites (tertiary alicyclic amines) is 1. The molecule has 0 radical (unpaired) electrons. The highest BCUT2D eigenvalue weighted by Gasteiger charge is 2.22. The van der Waals surface area contributed by atoms with Gasteiger partial charge in [-0.1, -0.05) is 36.6 Å². The van der Waals surface area contributed by atoms with Crippen molar-refractivity contribution >= 4 is 17.5 Å². The zero-order valence-electron chi connectivity index (χ0n) is 17.1. The van der Waals surface area contributed by atoms with E-state index in [1.54, 1.807) is 32.4 Å². The van der Waals surface area contributed by atoms with Crippen molar-refractivity contribution in [1.29, 1.82) is 0 Å². The minimum Gasteiger partial charge on any atom is -0.497 e. The van der Waals surface area contributed by atoms with Crippen molar-refractivity contribution in [3.05, 3.63) is 58.6 Å². The highest BCUT2D eigenvalue weighted by molar-refractivity contribution is 6.32. The molecule has 5 nitrogen and oxygen atoms in total. The van der Waals surface area contributed by atoms with E-state index >= 15 is 0 Å². The third-order valence-electron chi connectivity index (χ3n) is 5.45. The lowest BCUT2D eigenvalue weighted by atomic mass is 10.0. The predicted octanol–water partition coefficient (Wildman–Crippen LogP) is 4.70. The maximum atomic E-state index is 12.7. The van der Waals surface area contributed by atoms with E-state index in [0.717, 1.165) is 18.8 Å². The molecular formula is C23H29ClN2O3. The number of ether oxygens (including phenoxy) is 2. The fourth-order valence-corrected chi connectivity index (χ4v) is 4.05. The summed E-state index contributed by atoms with van der Waals surface area (Å²) in [5.74, 6) is 1.26. The van der Waals surface area contributed by atoms with Crippen LogP contribution in [0.25, 0.3) is 0 Å². The third-order valence-corrected chi connectivity index (χ3v) is 5.75. The number of halogens is 1.